The zero-order valence-corrected chi connectivity index (χ0v) is 6.82. The molecule has 0 saturated heterocycles. The van der Waals surface area contributed by atoms with Crippen LogP contribution in [0.1, 0.15) is 15.9 Å². The third-order valence-electron chi connectivity index (χ3n) is 1.30. The second kappa shape index (κ2) is 4.97. The molecule has 12 heavy (non-hydrogen) atoms. The summed E-state index contributed by atoms with van der Waals surface area (Å²) in [6.45, 7) is 1.92. The number of carboxylic acid groups (broad SMARTS) is 1. The van der Waals surface area contributed by atoms with Crippen molar-refractivity contribution < 1.29 is 9.90 Å². The minimum Gasteiger partial charge on any atom is -0.478 e. The van der Waals surface area contributed by atoms with Crippen molar-refractivity contribution in [3.05, 3.63) is 35.4 Å². The number of carboxylic acids is 1. The second-order valence-corrected chi connectivity index (χ2v) is 2.17. The fourth-order valence-electron chi connectivity index (χ4n) is 0.696. The molecule has 1 aromatic carbocycles. The molecule has 1 N–H and O–H groups in total. The van der Waals surface area contributed by atoms with Gasteiger partial charge in [0.05, 0.1) is 5.56 Å². The highest BCUT2D eigenvalue weighted by Gasteiger charge is 1.98. The van der Waals surface area contributed by atoms with Crippen molar-refractivity contribution in [2.75, 3.05) is 0 Å². The standard InChI is InChI=1S/C8H8O2.C2H2/c1-6-2-4-7(5-3-6)8(9)10;1-2/h2-5H,1H3,(H,9,10);1-2H. The highest BCUT2D eigenvalue weighted by Crippen LogP contribution is 2.01. The van der Waals surface area contributed by atoms with Gasteiger partial charge in [-0.05, 0) is 19.1 Å². The van der Waals surface area contributed by atoms with E-state index in [0.717, 1.165) is 5.56 Å². The average Bonchev–Trinajstić information content (AvgIpc) is 2.09. The highest BCUT2D eigenvalue weighted by molar-refractivity contribution is 5.87. The van der Waals surface area contributed by atoms with Crippen LogP contribution >= 0.6 is 0 Å². The van der Waals surface area contributed by atoms with Crippen LogP contribution in [0, 0.1) is 19.8 Å². The zero-order valence-electron chi connectivity index (χ0n) is 6.82. The van der Waals surface area contributed by atoms with Gasteiger partial charge in [-0.3, -0.25) is 0 Å². The van der Waals surface area contributed by atoms with Crippen molar-refractivity contribution in [1.82, 2.24) is 0 Å². The Balaban J connectivity index is 0.000000561. The molecular weight excluding hydrogens is 152 g/mol. The van der Waals surface area contributed by atoms with E-state index in [1.54, 1.807) is 24.3 Å². The summed E-state index contributed by atoms with van der Waals surface area (Å²) < 4.78 is 0. The maximum absolute atomic E-state index is 10.3. The monoisotopic (exact) mass is 162 g/mol. The van der Waals surface area contributed by atoms with Gasteiger partial charge in [-0.1, -0.05) is 17.7 Å². The molecule has 0 spiro atoms. The minimum absolute atomic E-state index is 0.339. The predicted molar refractivity (Wildman–Crippen MR) is 48.0 cm³/mol. The number of rotatable bonds is 1. The van der Waals surface area contributed by atoms with Crippen LogP contribution < -0.4 is 0 Å². The van der Waals surface area contributed by atoms with Gasteiger partial charge in [0.15, 0.2) is 0 Å². The van der Waals surface area contributed by atoms with Gasteiger partial charge in [0, 0.05) is 0 Å². The summed E-state index contributed by atoms with van der Waals surface area (Å²) in [4.78, 5) is 10.3. The van der Waals surface area contributed by atoms with Gasteiger partial charge < -0.3 is 5.11 Å². The molecule has 2 heteroatoms. The average molecular weight is 162 g/mol. The third-order valence-corrected chi connectivity index (χ3v) is 1.30. The minimum atomic E-state index is -0.875. The van der Waals surface area contributed by atoms with E-state index in [4.69, 9.17) is 5.11 Å². The van der Waals surface area contributed by atoms with Gasteiger partial charge in [0.1, 0.15) is 0 Å². The Morgan fingerprint density at radius 1 is 1.25 bits per heavy atom. The lowest BCUT2D eigenvalue weighted by atomic mass is 10.2. The normalized spacial score (nSPS) is 7.92. The zero-order chi connectivity index (χ0) is 9.56. The molecule has 0 saturated carbocycles. The summed E-state index contributed by atoms with van der Waals surface area (Å²) in [6, 6.07) is 6.75. The summed E-state index contributed by atoms with van der Waals surface area (Å²) in [7, 11) is 0. The van der Waals surface area contributed by atoms with Crippen LogP contribution in [0.4, 0.5) is 0 Å². The summed E-state index contributed by atoms with van der Waals surface area (Å²) in [5.74, 6) is -0.875. The molecule has 1 rings (SSSR count). The molecule has 62 valence electrons. The Kier molecular flexibility index (Phi) is 4.25. The molecule has 1 aromatic rings. The van der Waals surface area contributed by atoms with Gasteiger partial charge in [0.2, 0.25) is 0 Å². The predicted octanol–water partition coefficient (Wildman–Crippen LogP) is 1.94. The Morgan fingerprint density at radius 2 is 1.67 bits per heavy atom. The SMILES string of the molecule is C#C.Cc1ccc(C(=O)O)cc1. The molecule has 0 aliphatic heterocycles. The lowest BCUT2D eigenvalue weighted by Crippen LogP contribution is -1.94. The summed E-state index contributed by atoms with van der Waals surface area (Å²) in [5.41, 5.74) is 1.41. The Labute approximate surface area is 71.9 Å². The van der Waals surface area contributed by atoms with Crippen LogP contribution in [0.3, 0.4) is 0 Å². The first-order chi connectivity index (χ1) is 5.70. The van der Waals surface area contributed by atoms with Gasteiger partial charge >= 0.3 is 5.97 Å². The Morgan fingerprint density at radius 3 is 2.00 bits per heavy atom. The van der Waals surface area contributed by atoms with Crippen molar-refractivity contribution >= 4 is 5.97 Å². The van der Waals surface area contributed by atoms with Crippen LogP contribution in [-0.2, 0) is 0 Å². The molecule has 0 aliphatic carbocycles. The van der Waals surface area contributed by atoms with Crippen molar-refractivity contribution in [3.63, 3.8) is 0 Å². The topological polar surface area (TPSA) is 37.3 Å². The van der Waals surface area contributed by atoms with E-state index in [9.17, 15) is 4.79 Å². The van der Waals surface area contributed by atoms with Gasteiger partial charge in [-0.15, -0.1) is 12.8 Å². The van der Waals surface area contributed by atoms with Crippen molar-refractivity contribution in [3.8, 4) is 12.8 Å². The molecule has 0 unspecified atom stereocenters. The van der Waals surface area contributed by atoms with Crippen molar-refractivity contribution in [2.45, 2.75) is 6.92 Å². The van der Waals surface area contributed by atoms with Gasteiger partial charge in [-0.2, -0.15) is 0 Å². The van der Waals surface area contributed by atoms with E-state index in [2.05, 4.69) is 12.8 Å². The molecular formula is C10H10O2. The quantitative estimate of drug-likeness (QED) is 0.641. The van der Waals surface area contributed by atoms with E-state index >= 15 is 0 Å². The van der Waals surface area contributed by atoms with Crippen LogP contribution in [0.15, 0.2) is 24.3 Å². The molecule has 0 heterocycles. The van der Waals surface area contributed by atoms with Gasteiger partial charge in [0.25, 0.3) is 0 Å². The van der Waals surface area contributed by atoms with Crippen LogP contribution in [0.5, 0.6) is 0 Å². The van der Waals surface area contributed by atoms with E-state index < -0.39 is 5.97 Å². The molecule has 2 nitrogen and oxygen atoms in total. The van der Waals surface area contributed by atoms with E-state index in [-0.39, 0.29) is 0 Å². The summed E-state index contributed by atoms with van der Waals surface area (Å²) >= 11 is 0. The lowest BCUT2D eigenvalue weighted by molar-refractivity contribution is 0.0697. The highest BCUT2D eigenvalue weighted by atomic mass is 16.4. The van der Waals surface area contributed by atoms with Crippen LogP contribution in [0.2, 0.25) is 0 Å². The molecule has 0 aliphatic rings. The number of aromatic carboxylic acids is 1. The fourth-order valence-corrected chi connectivity index (χ4v) is 0.696. The first-order valence-electron chi connectivity index (χ1n) is 3.33. The smallest absolute Gasteiger partial charge is 0.335 e. The van der Waals surface area contributed by atoms with E-state index in [0.29, 0.717) is 5.56 Å². The largest absolute Gasteiger partial charge is 0.478 e. The van der Waals surface area contributed by atoms with Crippen molar-refractivity contribution in [1.29, 1.82) is 0 Å². The number of terminal acetylenes is 1. The van der Waals surface area contributed by atoms with Crippen LogP contribution in [-0.4, -0.2) is 11.1 Å². The maximum atomic E-state index is 10.3. The molecule has 0 atom stereocenters. The number of carbonyl (C=O) groups is 1. The molecule has 0 bridgehead atoms. The summed E-state index contributed by atoms with van der Waals surface area (Å²) in [5, 5.41) is 8.48. The fraction of sp³-hybridized carbons (Fsp3) is 0.100. The van der Waals surface area contributed by atoms with Crippen molar-refractivity contribution in [2.24, 2.45) is 0 Å². The van der Waals surface area contributed by atoms with E-state index in [1.165, 1.54) is 0 Å². The summed E-state index contributed by atoms with van der Waals surface area (Å²) in [6.07, 6.45) is 8.00. The van der Waals surface area contributed by atoms with Gasteiger partial charge in [-0.25, -0.2) is 4.79 Å². The number of benzene rings is 1. The Bertz CT molecular complexity index is 270. The van der Waals surface area contributed by atoms with Crippen LogP contribution in [0.25, 0.3) is 0 Å². The number of aryl methyl sites for hydroxylation is 1. The second-order valence-electron chi connectivity index (χ2n) is 2.17. The number of hydrogen-bond acceptors (Lipinski definition) is 1. The Hall–Kier alpha value is -1.75. The third kappa shape index (κ3) is 2.89. The van der Waals surface area contributed by atoms with E-state index in [1.807, 2.05) is 6.92 Å². The molecule has 0 amide bonds. The molecule has 0 aromatic heterocycles. The molecule has 0 radical (unpaired) electrons. The maximum Gasteiger partial charge on any atom is 0.335 e. The first-order valence-corrected chi connectivity index (χ1v) is 3.33. The first kappa shape index (κ1) is 10.2. The lowest BCUT2D eigenvalue weighted by Gasteiger charge is -1.92. The molecule has 0 fully saturated rings. The number of hydrogen-bond donors (Lipinski definition) is 1.